The van der Waals surface area contributed by atoms with E-state index >= 15 is 0 Å². The van der Waals surface area contributed by atoms with E-state index in [4.69, 9.17) is 4.74 Å². The van der Waals surface area contributed by atoms with Crippen LogP contribution in [0.15, 0.2) is 18.3 Å². The summed E-state index contributed by atoms with van der Waals surface area (Å²) < 4.78 is 18.5. The van der Waals surface area contributed by atoms with Gasteiger partial charge in [0.1, 0.15) is 0 Å². The van der Waals surface area contributed by atoms with Gasteiger partial charge in [0.25, 0.3) is 5.91 Å². The van der Waals surface area contributed by atoms with Gasteiger partial charge in [-0.25, -0.2) is 4.98 Å². The second kappa shape index (κ2) is 5.72. The average Bonchev–Trinajstić information content (AvgIpc) is 3.13. The Bertz CT molecular complexity index is 394. The number of nitrogens with zero attached hydrogens (tertiary/aromatic N) is 1. The van der Waals surface area contributed by atoms with Crippen molar-refractivity contribution in [3.63, 3.8) is 0 Å². The third kappa shape index (κ3) is 3.78. The molecule has 0 radical (unpaired) electrons. The molecule has 0 saturated heterocycles. The van der Waals surface area contributed by atoms with Crippen LogP contribution in [0.25, 0.3) is 0 Å². The molecule has 17 heavy (non-hydrogen) atoms. The summed E-state index contributed by atoms with van der Waals surface area (Å²) in [5, 5.41) is 2.59. The smallest absolute Gasteiger partial charge is 0.256 e. The zero-order chi connectivity index (χ0) is 12.1. The normalized spacial score (nSPS) is 14.6. The van der Waals surface area contributed by atoms with Gasteiger partial charge in [-0.2, -0.15) is 4.39 Å². The molecule has 1 aromatic rings. The highest BCUT2D eigenvalue weighted by Gasteiger charge is 2.20. The SMILES string of the molecule is O=C(NCCOCC1CC1)c1cccnc1F. The highest BCUT2D eigenvalue weighted by molar-refractivity contribution is 5.94. The van der Waals surface area contributed by atoms with Gasteiger partial charge in [-0.1, -0.05) is 0 Å². The topological polar surface area (TPSA) is 51.2 Å². The van der Waals surface area contributed by atoms with E-state index in [1.165, 1.54) is 31.2 Å². The second-order valence-corrected chi connectivity index (χ2v) is 4.12. The number of halogens is 1. The largest absolute Gasteiger partial charge is 0.379 e. The Hall–Kier alpha value is -1.49. The first-order valence-electron chi connectivity index (χ1n) is 5.74. The number of carbonyl (C=O) groups excluding carboxylic acids is 1. The van der Waals surface area contributed by atoms with Crippen LogP contribution in [0.4, 0.5) is 4.39 Å². The van der Waals surface area contributed by atoms with Crippen molar-refractivity contribution in [1.29, 1.82) is 0 Å². The van der Waals surface area contributed by atoms with Gasteiger partial charge in [-0.05, 0) is 30.9 Å². The van der Waals surface area contributed by atoms with E-state index in [1.54, 1.807) is 0 Å². The molecule has 5 heteroatoms. The number of hydrogen-bond donors (Lipinski definition) is 1. The van der Waals surface area contributed by atoms with Crippen LogP contribution in [-0.4, -0.2) is 30.6 Å². The maximum Gasteiger partial charge on any atom is 0.256 e. The lowest BCUT2D eigenvalue weighted by Gasteiger charge is -2.06. The second-order valence-electron chi connectivity index (χ2n) is 4.12. The molecule has 2 rings (SSSR count). The van der Waals surface area contributed by atoms with Gasteiger partial charge in [0.2, 0.25) is 5.95 Å². The molecule has 1 aliphatic carbocycles. The minimum absolute atomic E-state index is 0.0327. The monoisotopic (exact) mass is 238 g/mol. The van der Waals surface area contributed by atoms with E-state index < -0.39 is 11.9 Å². The molecule has 1 N–H and O–H groups in total. The lowest BCUT2D eigenvalue weighted by molar-refractivity contribution is 0.0902. The number of pyridine rings is 1. The van der Waals surface area contributed by atoms with Gasteiger partial charge >= 0.3 is 0 Å². The molecule has 92 valence electrons. The Labute approximate surface area is 99.2 Å². The lowest BCUT2D eigenvalue weighted by Crippen LogP contribution is -2.28. The van der Waals surface area contributed by atoms with Crippen molar-refractivity contribution in [3.05, 3.63) is 29.8 Å². The molecule has 0 bridgehead atoms. The van der Waals surface area contributed by atoms with E-state index in [0.717, 1.165) is 6.61 Å². The van der Waals surface area contributed by atoms with Crippen molar-refractivity contribution in [2.75, 3.05) is 19.8 Å². The predicted octanol–water partition coefficient (Wildman–Crippen LogP) is 1.38. The third-order valence-electron chi connectivity index (χ3n) is 2.59. The number of carbonyl (C=O) groups is 1. The zero-order valence-corrected chi connectivity index (χ0v) is 9.49. The van der Waals surface area contributed by atoms with Crippen LogP contribution in [0, 0.1) is 11.9 Å². The molecule has 1 aliphatic rings. The van der Waals surface area contributed by atoms with Gasteiger partial charge in [-0.3, -0.25) is 4.79 Å². The first-order valence-corrected chi connectivity index (χ1v) is 5.74. The van der Waals surface area contributed by atoms with Crippen molar-refractivity contribution in [1.82, 2.24) is 10.3 Å². The molecule has 0 unspecified atom stereocenters. The van der Waals surface area contributed by atoms with Crippen LogP contribution in [0.2, 0.25) is 0 Å². The highest BCUT2D eigenvalue weighted by Crippen LogP contribution is 2.28. The predicted molar refractivity (Wildman–Crippen MR) is 60.1 cm³/mol. The number of rotatable bonds is 6. The fourth-order valence-corrected chi connectivity index (χ4v) is 1.42. The number of ether oxygens (including phenoxy) is 1. The Kier molecular flexibility index (Phi) is 4.03. The van der Waals surface area contributed by atoms with Gasteiger partial charge in [0, 0.05) is 19.3 Å². The van der Waals surface area contributed by atoms with E-state index in [2.05, 4.69) is 10.3 Å². The number of nitrogens with one attached hydrogen (secondary N) is 1. The Balaban J connectivity index is 1.67. The van der Waals surface area contributed by atoms with Crippen LogP contribution < -0.4 is 5.32 Å². The van der Waals surface area contributed by atoms with Gasteiger partial charge < -0.3 is 10.1 Å². The van der Waals surface area contributed by atoms with E-state index in [0.29, 0.717) is 19.1 Å². The molecular formula is C12H15FN2O2. The molecule has 1 heterocycles. The maximum atomic E-state index is 13.1. The Morgan fingerprint density at radius 2 is 2.41 bits per heavy atom. The summed E-state index contributed by atoms with van der Waals surface area (Å²) in [6, 6.07) is 2.93. The Morgan fingerprint density at radius 3 is 3.12 bits per heavy atom. The van der Waals surface area contributed by atoms with Crippen molar-refractivity contribution in [3.8, 4) is 0 Å². The summed E-state index contributed by atoms with van der Waals surface area (Å²) in [7, 11) is 0. The number of hydrogen-bond acceptors (Lipinski definition) is 3. The highest BCUT2D eigenvalue weighted by atomic mass is 19.1. The lowest BCUT2D eigenvalue weighted by atomic mass is 10.2. The van der Waals surface area contributed by atoms with E-state index in [1.807, 2.05) is 0 Å². The molecule has 1 aromatic heterocycles. The summed E-state index contributed by atoms with van der Waals surface area (Å²) in [6.07, 6.45) is 3.80. The summed E-state index contributed by atoms with van der Waals surface area (Å²) in [5.41, 5.74) is -0.0327. The molecular weight excluding hydrogens is 223 g/mol. The van der Waals surface area contributed by atoms with Gasteiger partial charge in [0.15, 0.2) is 0 Å². The fraction of sp³-hybridized carbons (Fsp3) is 0.500. The van der Waals surface area contributed by atoms with Gasteiger partial charge in [-0.15, -0.1) is 0 Å². The Morgan fingerprint density at radius 1 is 1.59 bits per heavy atom. The van der Waals surface area contributed by atoms with Crippen molar-refractivity contribution in [2.24, 2.45) is 5.92 Å². The first-order chi connectivity index (χ1) is 8.27. The molecule has 1 amide bonds. The molecule has 0 spiro atoms. The summed E-state index contributed by atoms with van der Waals surface area (Å²) in [4.78, 5) is 14.9. The molecule has 0 aliphatic heterocycles. The van der Waals surface area contributed by atoms with Crippen molar-refractivity contribution in [2.45, 2.75) is 12.8 Å². The number of aromatic nitrogens is 1. The van der Waals surface area contributed by atoms with Crippen LogP contribution in [-0.2, 0) is 4.74 Å². The van der Waals surface area contributed by atoms with E-state index in [-0.39, 0.29) is 5.56 Å². The summed E-state index contributed by atoms with van der Waals surface area (Å²) in [5.74, 6) is -0.490. The van der Waals surface area contributed by atoms with Crippen LogP contribution in [0.5, 0.6) is 0 Å². The van der Waals surface area contributed by atoms with Gasteiger partial charge in [0.05, 0.1) is 12.2 Å². The number of amides is 1. The molecule has 1 fully saturated rings. The zero-order valence-electron chi connectivity index (χ0n) is 9.49. The summed E-state index contributed by atoms with van der Waals surface area (Å²) >= 11 is 0. The van der Waals surface area contributed by atoms with E-state index in [9.17, 15) is 9.18 Å². The quantitative estimate of drug-likeness (QED) is 0.601. The maximum absolute atomic E-state index is 13.1. The first kappa shape index (κ1) is 12.0. The van der Waals surface area contributed by atoms with Crippen LogP contribution in [0.1, 0.15) is 23.2 Å². The third-order valence-corrected chi connectivity index (χ3v) is 2.59. The molecule has 1 saturated carbocycles. The minimum Gasteiger partial charge on any atom is -0.379 e. The fourth-order valence-electron chi connectivity index (χ4n) is 1.42. The van der Waals surface area contributed by atoms with Crippen molar-refractivity contribution < 1.29 is 13.9 Å². The molecule has 0 atom stereocenters. The molecule has 0 aromatic carbocycles. The molecule has 4 nitrogen and oxygen atoms in total. The van der Waals surface area contributed by atoms with Crippen molar-refractivity contribution >= 4 is 5.91 Å². The summed E-state index contributed by atoms with van der Waals surface area (Å²) in [6.45, 7) is 1.61. The van der Waals surface area contributed by atoms with Crippen LogP contribution >= 0.6 is 0 Å². The minimum atomic E-state index is -0.746. The average molecular weight is 238 g/mol. The standard InChI is InChI=1S/C12H15FN2O2/c13-11-10(2-1-5-14-11)12(16)15-6-7-17-8-9-3-4-9/h1-2,5,9H,3-4,6-8H2,(H,15,16). The van der Waals surface area contributed by atoms with Crippen LogP contribution in [0.3, 0.4) is 0 Å².